The molecule has 0 aromatic carbocycles. The molecule has 0 saturated carbocycles. The molecule has 3 heterocycles. The molecule has 0 spiro atoms. The quantitative estimate of drug-likeness (QED) is 0.364. The Morgan fingerprint density at radius 3 is 3.00 bits per heavy atom. The first-order valence-corrected chi connectivity index (χ1v) is 8.55. The molecule has 0 aliphatic carbocycles. The lowest BCUT2D eigenvalue weighted by Gasteiger charge is -2.25. The number of aryl methyl sites for hydroxylation is 2. The first-order valence-electron chi connectivity index (χ1n) is 8.55. The van der Waals surface area contributed by atoms with Gasteiger partial charge in [-0.05, 0) is 18.9 Å². The van der Waals surface area contributed by atoms with E-state index in [-0.39, 0.29) is 30.0 Å². The van der Waals surface area contributed by atoms with Gasteiger partial charge in [0.05, 0.1) is 19.3 Å². The molecule has 0 radical (unpaired) electrons. The van der Waals surface area contributed by atoms with Crippen LogP contribution in [0.2, 0.25) is 0 Å². The van der Waals surface area contributed by atoms with E-state index in [0.29, 0.717) is 6.61 Å². The van der Waals surface area contributed by atoms with Gasteiger partial charge >= 0.3 is 0 Å². The second-order valence-electron chi connectivity index (χ2n) is 6.22. The van der Waals surface area contributed by atoms with Gasteiger partial charge in [-0.3, -0.25) is 9.67 Å². The third-order valence-corrected chi connectivity index (χ3v) is 4.14. The Morgan fingerprint density at radius 2 is 2.31 bits per heavy atom. The average Bonchev–Trinajstić information content (AvgIpc) is 3.19. The fraction of sp³-hybridized carbons (Fsp3) is 0.625. The molecule has 0 bridgehead atoms. The van der Waals surface area contributed by atoms with Crippen molar-refractivity contribution in [3.8, 4) is 0 Å². The third kappa shape index (κ3) is 5.40. The maximum Gasteiger partial charge on any atom is 0.191 e. The molecule has 9 nitrogen and oxygen atoms in total. The van der Waals surface area contributed by atoms with Gasteiger partial charge in [0.2, 0.25) is 0 Å². The molecule has 1 aliphatic rings. The zero-order chi connectivity index (χ0) is 17.6. The number of rotatable bonds is 6. The molecule has 2 N–H and O–H groups in total. The standard InChI is InChI=1S/C16H26N8O.HI/c1-12-8-19-23(9-12)7-6-18-16(17-2)20-13-4-5-15-21-14(11-25-3)22-24(15)10-13;/h8-9,13H,4-7,10-11H2,1-3H3,(H2,17,18,20);1H. The normalized spacial score (nSPS) is 16.7. The van der Waals surface area contributed by atoms with Crippen molar-refractivity contribution in [2.24, 2.45) is 4.99 Å². The van der Waals surface area contributed by atoms with Gasteiger partial charge in [-0.2, -0.15) is 10.2 Å². The van der Waals surface area contributed by atoms with Crippen molar-refractivity contribution in [2.75, 3.05) is 20.7 Å². The highest BCUT2D eigenvalue weighted by atomic mass is 127. The molecule has 144 valence electrons. The van der Waals surface area contributed by atoms with E-state index < -0.39 is 0 Å². The minimum Gasteiger partial charge on any atom is -0.377 e. The Balaban J connectivity index is 0.00000243. The predicted molar refractivity (Wildman–Crippen MR) is 110 cm³/mol. The Hall–Kier alpha value is -1.69. The summed E-state index contributed by atoms with van der Waals surface area (Å²) in [4.78, 5) is 8.81. The van der Waals surface area contributed by atoms with E-state index in [9.17, 15) is 0 Å². The average molecular weight is 474 g/mol. The number of ether oxygens (including phenoxy) is 1. The Bertz CT molecular complexity index is 726. The molecule has 2 aromatic heterocycles. The molecule has 1 unspecified atom stereocenters. The van der Waals surface area contributed by atoms with Gasteiger partial charge in [0, 0.05) is 39.4 Å². The summed E-state index contributed by atoms with van der Waals surface area (Å²) in [5, 5.41) is 15.6. The van der Waals surface area contributed by atoms with Crippen LogP contribution < -0.4 is 10.6 Å². The monoisotopic (exact) mass is 474 g/mol. The van der Waals surface area contributed by atoms with E-state index in [2.05, 4.69) is 30.8 Å². The lowest BCUT2D eigenvalue weighted by molar-refractivity contribution is 0.177. The van der Waals surface area contributed by atoms with Gasteiger partial charge in [0.1, 0.15) is 12.4 Å². The summed E-state index contributed by atoms with van der Waals surface area (Å²) < 4.78 is 9.00. The number of halogens is 1. The Morgan fingerprint density at radius 1 is 1.46 bits per heavy atom. The van der Waals surface area contributed by atoms with Crippen LogP contribution in [0.5, 0.6) is 0 Å². The largest absolute Gasteiger partial charge is 0.377 e. The number of fused-ring (bicyclic) bond motifs is 1. The summed E-state index contributed by atoms with van der Waals surface area (Å²) >= 11 is 0. The van der Waals surface area contributed by atoms with Gasteiger partial charge in [0.25, 0.3) is 0 Å². The fourth-order valence-electron chi connectivity index (χ4n) is 2.93. The SMILES string of the molecule is CN=C(NCCn1cc(C)cn1)NC1CCc2nc(COC)nn2C1.I. The van der Waals surface area contributed by atoms with E-state index >= 15 is 0 Å². The van der Waals surface area contributed by atoms with E-state index in [1.165, 1.54) is 5.56 Å². The van der Waals surface area contributed by atoms with Gasteiger partial charge in [-0.25, -0.2) is 9.67 Å². The second kappa shape index (κ2) is 9.86. The summed E-state index contributed by atoms with van der Waals surface area (Å²) in [6, 6.07) is 0.280. The summed E-state index contributed by atoms with van der Waals surface area (Å²) in [6.45, 7) is 4.84. The molecule has 10 heteroatoms. The molecule has 2 aromatic rings. The minimum absolute atomic E-state index is 0. The maximum absolute atomic E-state index is 5.11. The van der Waals surface area contributed by atoms with E-state index in [1.807, 2.05) is 28.7 Å². The molecule has 1 atom stereocenters. The van der Waals surface area contributed by atoms with Gasteiger partial charge in [0.15, 0.2) is 11.8 Å². The third-order valence-electron chi connectivity index (χ3n) is 4.14. The van der Waals surface area contributed by atoms with Crippen molar-refractivity contribution in [3.05, 3.63) is 29.6 Å². The molecule has 26 heavy (non-hydrogen) atoms. The van der Waals surface area contributed by atoms with Crippen LogP contribution in [0.3, 0.4) is 0 Å². The zero-order valence-electron chi connectivity index (χ0n) is 15.5. The topological polar surface area (TPSA) is 94.2 Å². The number of methoxy groups -OCH3 is 1. The van der Waals surface area contributed by atoms with E-state index in [0.717, 1.165) is 50.1 Å². The highest BCUT2D eigenvalue weighted by Gasteiger charge is 2.22. The highest BCUT2D eigenvalue weighted by molar-refractivity contribution is 14.0. The zero-order valence-corrected chi connectivity index (χ0v) is 17.8. The second-order valence-corrected chi connectivity index (χ2v) is 6.22. The summed E-state index contributed by atoms with van der Waals surface area (Å²) in [7, 11) is 3.44. The number of nitrogens with zero attached hydrogens (tertiary/aromatic N) is 6. The van der Waals surface area contributed by atoms with Crippen LogP contribution in [-0.4, -0.2) is 57.2 Å². The van der Waals surface area contributed by atoms with Crippen LogP contribution in [-0.2, 0) is 30.9 Å². The summed E-state index contributed by atoms with van der Waals surface area (Å²) in [6.07, 6.45) is 5.80. The number of nitrogens with one attached hydrogen (secondary N) is 2. The van der Waals surface area contributed by atoms with Crippen LogP contribution in [0.4, 0.5) is 0 Å². The Kier molecular flexibility index (Phi) is 7.82. The molecule has 3 rings (SSSR count). The predicted octanol–water partition coefficient (Wildman–Crippen LogP) is 0.727. The van der Waals surface area contributed by atoms with Crippen LogP contribution in [0.25, 0.3) is 0 Å². The number of hydrogen-bond donors (Lipinski definition) is 2. The molecule has 1 aliphatic heterocycles. The lowest BCUT2D eigenvalue weighted by atomic mass is 10.1. The highest BCUT2D eigenvalue weighted by Crippen LogP contribution is 2.13. The van der Waals surface area contributed by atoms with Crippen molar-refractivity contribution in [2.45, 2.75) is 45.5 Å². The van der Waals surface area contributed by atoms with Crippen molar-refractivity contribution in [3.63, 3.8) is 0 Å². The lowest BCUT2D eigenvalue weighted by Crippen LogP contribution is -2.47. The minimum atomic E-state index is 0. The summed E-state index contributed by atoms with van der Waals surface area (Å²) in [5.74, 6) is 2.58. The number of aromatic nitrogens is 5. The molecular weight excluding hydrogens is 447 g/mol. The first kappa shape index (κ1) is 20.6. The van der Waals surface area contributed by atoms with Gasteiger partial charge in [-0.1, -0.05) is 0 Å². The van der Waals surface area contributed by atoms with Crippen molar-refractivity contribution in [1.82, 2.24) is 35.2 Å². The maximum atomic E-state index is 5.11. The molecule has 0 amide bonds. The first-order chi connectivity index (χ1) is 12.2. The molecular formula is C16H27IN8O. The number of guanidine groups is 1. The van der Waals surface area contributed by atoms with Crippen LogP contribution in [0.1, 0.15) is 23.6 Å². The number of hydrogen-bond acceptors (Lipinski definition) is 5. The fourth-order valence-corrected chi connectivity index (χ4v) is 2.93. The Labute approximate surface area is 170 Å². The number of aliphatic imine (C=N–C) groups is 1. The van der Waals surface area contributed by atoms with Crippen molar-refractivity contribution >= 4 is 29.9 Å². The van der Waals surface area contributed by atoms with Crippen LogP contribution >= 0.6 is 24.0 Å². The van der Waals surface area contributed by atoms with Crippen molar-refractivity contribution < 1.29 is 4.74 Å². The van der Waals surface area contributed by atoms with Crippen molar-refractivity contribution in [1.29, 1.82) is 0 Å². The molecule has 0 saturated heterocycles. The van der Waals surface area contributed by atoms with Crippen LogP contribution in [0, 0.1) is 6.92 Å². The summed E-state index contributed by atoms with van der Waals surface area (Å²) in [5.41, 5.74) is 1.17. The van der Waals surface area contributed by atoms with Crippen LogP contribution in [0.15, 0.2) is 17.4 Å². The van der Waals surface area contributed by atoms with Gasteiger partial charge in [-0.15, -0.1) is 24.0 Å². The van der Waals surface area contributed by atoms with E-state index in [4.69, 9.17) is 4.74 Å². The smallest absolute Gasteiger partial charge is 0.191 e. The van der Waals surface area contributed by atoms with Gasteiger partial charge < -0.3 is 15.4 Å². The van der Waals surface area contributed by atoms with E-state index in [1.54, 1.807) is 14.2 Å². The molecule has 0 fully saturated rings.